The number of Topliss-reactive ketones (excluding diaryl/α,β-unsaturated/α-hetero) is 1. The zero-order chi connectivity index (χ0) is 11.8. The molecule has 92 valence electrons. The third kappa shape index (κ3) is 2.32. The van der Waals surface area contributed by atoms with Crippen LogP contribution in [0.2, 0.25) is 0 Å². The lowest BCUT2D eigenvalue weighted by Crippen LogP contribution is -2.42. The third-order valence-corrected chi connectivity index (χ3v) is 4.55. The lowest BCUT2D eigenvalue weighted by molar-refractivity contribution is -0.128. The molecule has 0 spiro atoms. The molecule has 1 heterocycles. The number of ketones is 1. The number of carbonyl (C=O) groups is 1. The minimum absolute atomic E-state index is 0.0519. The molecule has 0 bridgehead atoms. The molecule has 2 heteroatoms. The van der Waals surface area contributed by atoms with Crippen molar-refractivity contribution in [1.29, 1.82) is 0 Å². The Morgan fingerprint density at radius 3 is 2.62 bits per heavy atom. The highest BCUT2D eigenvalue weighted by molar-refractivity contribution is 5.88. The topological polar surface area (TPSA) is 20.3 Å². The molecule has 2 unspecified atom stereocenters. The lowest BCUT2D eigenvalue weighted by Gasteiger charge is -2.35. The van der Waals surface area contributed by atoms with Gasteiger partial charge in [-0.3, -0.25) is 9.69 Å². The highest BCUT2D eigenvalue weighted by atomic mass is 16.1. The van der Waals surface area contributed by atoms with Gasteiger partial charge in [0.1, 0.15) is 5.78 Å². The Hall–Kier alpha value is -0.370. The summed E-state index contributed by atoms with van der Waals surface area (Å²) in [6.07, 6.45) is 6.18. The number of piperidine rings is 1. The van der Waals surface area contributed by atoms with Crippen LogP contribution < -0.4 is 0 Å². The predicted octanol–water partition coefficient (Wildman–Crippen LogP) is 2.87. The molecular weight excluding hydrogens is 198 g/mol. The second-order valence-corrected chi connectivity index (χ2v) is 6.32. The Labute approximate surface area is 99.4 Å². The van der Waals surface area contributed by atoms with E-state index in [1.807, 2.05) is 0 Å². The number of likely N-dealkylation sites (tertiary alicyclic amines) is 1. The van der Waals surface area contributed by atoms with Crippen molar-refractivity contribution in [2.75, 3.05) is 13.1 Å². The average Bonchev–Trinajstić information content (AvgIpc) is 2.49. The summed E-state index contributed by atoms with van der Waals surface area (Å²) < 4.78 is 0. The second kappa shape index (κ2) is 4.48. The Morgan fingerprint density at radius 2 is 2.06 bits per heavy atom. The molecule has 2 aliphatic rings. The number of rotatable bonds is 2. The van der Waals surface area contributed by atoms with E-state index in [1.54, 1.807) is 0 Å². The summed E-state index contributed by atoms with van der Waals surface area (Å²) in [6, 6.07) is 0.685. The van der Waals surface area contributed by atoms with Gasteiger partial charge >= 0.3 is 0 Å². The summed E-state index contributed by atoms with van der Waals surface area (Å²) in [6.45, 7) is 8.74. The molecule has 16 heavy (non-hydrogen) atoms. The summed E-state index contributed by atoms with van der Waals surface area (Å²) in [5.74, 6) is 0.820. The van der Waals surface area contributed by atoms with E-state index in [1.165, 1.54) is 25.8 Å². The van der Waals surface area contributed by atoms with E-state index in [-0.39, 0.29) is 5.41 Å². The van der Waals surface area contributed by atoms with Crippen LogP contribution >= 0.6 is 0 Å². The van der Waals surface area contributed by atoms with Crippen LogP contribution in [0.15, 0.2) is 0 Å². The summed E-state index contributed by atoms with van der Waals surface area (Å²) in [5, 5.41) is 0. The van der Waals surface area contributed by atoms with Crippen molar-refractivity contribution in [3.8, 4) is 0 Å². The minimum Gasteiger partial charge on any atom is -0.300 e. The highest BCUT2D eigenvalue weighted by Crippen LogP contribution is 2.38. The molecule has 0 amide bonds. The molecule has 2 atom stereocenters. The molecule has 0 aromatic rings. The van der Waals surface area contributed by atoms with Crippen LogP contribution in [-0.4, -0.2) is 29.8 Å². The number of hydrogen-bond donors (Lipinski definition) is 0. The van der Waals surface area contributed by atoms with Crippen LogP contribution in [-0.2, 0) is 4.79 Å². The molecule has 1 aliphatic heterocycles. The highest BCUT2D eigenvalue weighted by Gasteiger charge is 2.41. The van der Waals surface area contributed by atoms with Gasteiger partial charge in [-0.1, -0.05) is 20.3 Å². The molecule has 2 fully saturated rings. The Morgan fingerprint density at radius 1 is 1.31 bits per heavy atom. The van der Waals surface area contributed by atoms with E-state index >= 15 is 0 Å². The van der Waals surface area contributed by atoms with E-state index in [2.05, 4.69) is 25.7 Å². The molecule has 1 aliphatic carbocycles. The second-order valence-electron chi connectivity index (χ2n) is 6.32. The number of hydrogen-bond acceptors (Lipinski definition) is 2. The normalized spacial score (nSPS) is 35.6. The molecule has 1 saturated heterocycles. The maximum atomic E-state index is 12.2. The van der Waals surface area contributed by atoms with Gasteiger partial charge < -0.3 is 0 Å². The van der Waals surface area contributed by atoms with Crippen molar-refractivity contribution < 1.29 is 4.79 Å². The monoisotopic (exact) mass is 223 g/mol. The molecule has 1 saturated carbocycles. The molecule has 0 N–H and O–H groups in total. The zero-order valence-corrected chi connectivity index (χ0v) is 11.0. The average molecular weight is 223 g/mol. The first-order chi connectivity index (χ1) is 7.50. The van der Waals surface area contributed by atoms with Gasteiger partial charge in [0.25, 0.3) is 0 Å². The summed E-state index contributed by atoms with van der Waals surface area (Å²) in [7, 11) is 0. The Balaban J connectivity index is 1.93. The fourth-order valence-electron chi connectivity index (χ4n) is 3.23. The van der Waals surface area contributed by atoms with Crippen LogP contribution in [0.25, 0.3) is 0 Å². The molecule has 2 nitrogen and oxygen atoms in total. The van der Waals surface area contributed by atoms with Gasteiger partial charge in [-0.25, -0.2) is 0 Å². The van der Waals surface area contributed by atoms with Gasteiger partial charge in [-0.2, -0.15) is 0 Å². The van der Waals surface area contributed by atoms with Crippen molar-refractivity contribution >= 4 is 5.78 Å². The quantitative estimate of drug-likeness (QED) is 0.717. The fourth-order valence-corrected chi connectivity index (χ4v) is 3.23. The third-order valence-electron chi connectivity index (χ3n) is 4.55. The van der Waals surface area contributed by atoms with Crippen LogP contribution in [0, 0.1) is 11.3 Å². The van der Waals surface area contributed by atoms with Crippen molar-refractivity contribution in [3.05, 3.63) is 0 Å². The van der Waals surface area contributed by atoms with Crippen molar-refractivity contribution in [1.82, 2.24) is 4.90 Å². The summed E-state index contributed by atoms with van der Waals surface area (Å²) in [4.78, 5) is 14.7. The van der Waals surface area contributed by atoms with Gasteiger partial charge in [-0.15, -0.1) is 0 Å². The maximum Gasteiger partial charge on any atom is 0.142 e. The van der Waals surface area contributed by atoms with Gasteiger partial charge in [0.05, 0.1) is 0 Å². The van der Waals surface area contributed by atoms with Gasteiger partial charge in [0, 0.05) is 23.9 Å². The lowest BCUT2D eigenvalue weighted by atomic mass is 9.88. The van der Waals surface area contributed by atoms with Gasteiger partial charge in [0.2, 0.25) is 0 Å². The first kappa shape index (κ1) is 12.1. The minimum atomic E-state index is -0.0519. The number of nitrogens with zero attached hydrogens (tertiary/aromatic N) is 1. The molecule has 0 radical (unpaired) electrons. The molecular formula is C14H25NO. The molecule has 0 aromatic carbocycles. The van der Waals surface area contributed by atoms with E-state index in [9.17, 15) is 4.79 Å². The van der Waals surface area contributed by atoms with E-state index < -0.39 is 0 Å². The van der Waals surface area contributed by atoms with Crippen LogP contribution in [0.3, 0.4) is 0 Å². The zero-order valence-electron chi connectivity index (χ0n) is 11.0. The first-order valence-electron chi connectivity index (χ1n) is 6.79. The molecule has 2 rings (SSSR count). The maximum absolute atomic E-state index is 12.2. The number of carbonyl (C=O) groups excluding carboxylic acids is 1. The van der Waals surface area contributed by atoms with E-state index in [0.717, 1.165) is 19.4 Å². The van der Waals surface area contributed by atoms with Crippen molar-refractivity contribution in [3.63, 3.8) is 0 Å². The fraction of sp³-hybridized carbons (Fsp3) is 0.929. The smallest absolute Gasteiger partial charge is 0.142 e. The predicted molar refractivity (Wildman–Crippen MR) is 66.4 cm³/mol. The Bertz CT molecular complexity index is 272. The SMILES string of the molecule is CC1CCCCN1CC1CCC(C)(C)C1=O. The largest absolute Gasteiger partial charge is 0.300 e. The van der Waals surface area contributed by atoms with Crippen LogP contribution in [0.1, 0.15) is 52.9 Å². The van der Waals surface area contributed by atoms with Crippen molar-refractivity contribution in [2.24, 2.45) is 11.3 Å². The van der Waals surface area contributed by atoms with E-state index in [4.69, 9.17) is 0 Å². The van der Waals surface area contributed by atoms with Gasteiger partial charge in [-0.05, 0) is 39.2 Å². The first-order valence-corrected chi connectivity index (χ1v) is 6.79. The van der Waals surface area contributed by atoms with Crippen LogP contribution in [0.5, 0.6) is 0 Å². The molecule has 0 aromatic heterocycles. The summed E-state index contributed by atoms with van der Waals surface area (Å²) in [5.41, 5.74) is -0.0519. The van der Waals surface area contributed by atoms with E-state index in [0.29, 0.717) is 17.7 Å². The van der Waals surface area contributed by atoms with Crippen LogP contribution in [0.4, 0.5) is 0 Å². The summed E-state index contributed by atoms with van der Waals surface area (Å²) >= 11 is 0. The van der Waals surface area contributed by atoms with Gasteiger partial charge in [0.15, 0.2) is 0 Å². The van der Waals surface area contributed by atoms with Crippen molar-refractivity contribution in [2.45, 2.75) is 58.9 Å². The standard InChI is InChI=1S/C14H25NO/c1-11-6-4-5-9-15(11)10-12-7-8-14(2,3)13(12)16/h11-12H,4-10H2,1-3H3. The Kier molecular flexibility index (Phi) is 3.39.